The van der Waals surface area contributed by atoms with Crippen molar-refractivity contribution in [1.29, 1.82) is 0 Å². The van der Waals surface area contributed by atoms with E-state index in [-0.39, 0.29) is 18.1 Å². The fourth-order valence-corrected chi connectivity index (χ4v) is 2.12. The number of phenols is 2. The summed E-state index contributed by atoms with van der Waals surface area (Å²) in [6, 6.07) is 9.66. The predicted octanol–water partition coefficient (Wildman–Crippen LogP) is 3.38. The fourth-order valence-electron chi connectivity index (χ4n) is 2.12. The van der Waals surface area contributed by atoms with Crippen LogP contribution in [0.25, 0.3) is 12.2 Å². The Kier molecular flexibility index (Phi) is 6.68. The van der Waals surface area contributed by atoms with Gasteiger partial charge < -0.3 is 24.4 Å². The molecule has 0 aliphatic rings. The van der Waals surface area contributed by atoms with E-state index in [0.717, 1.165) is 5.56 Å². The molecule has 2 aromatic rings. The Morgan fingerprint density at radius 3 is 2.00 bits per heavy atom. The largest absolute Gasteiger partial charge is 0.504 e. The number of methoxy groups -OCH3 is 2. The van der Waals surface area contributed by atoms with Crippen LogP contribution in [0, 0.1) is 0 Å². The van der Waals surface area contributed by atoms with E-state index in [9.17, 15) is 15.0 Å². The Bertz CT molecular complexity index is 823. The van der Waals surface area contributed by atoms with Crippen LogP contribution >= 0.6 is 0 Å². The molecule has 0 saturated carbocycles. The lowest BCUT2D eigenvalue weighted by Gasteiger charge is -2.04. The minimum absolute atomic E-state index is 0.0308. The highest BCUT2D eigenvalue weighted by Gasteiger charge is 2.02. The van der Waals surface area contributed by atoms with Gasteiger partial charge in [-0.15, -0.1) is 0 Å². The summed E-state index contributed by atoms with van der Waals surface area (Å²) in [5.74, 6) is 0.296. The molecule has 0 bridgehead atoms. The number of hydrogen-bond donors (Lipinski definition) is 2. The van der Waals surface area contributed by atoms with Gasteiger partial charge in [0.25, 0.3) is 0 Å². The minimum atomic E-state index is -0.495. The van der Waals surface area contributed by atoms with Gasteiger partial charge in [-0.3, -0.25) is 0 Å². The van der Waals surface area contributed by atoms with Crippen molar-refractivity contribution in [2.75, 3.05) is 20.8 Å². The molecule has 0 saturated heterocycles. The summed E-state index contributed by atoms with van der Waals surface area (Å²) in [4.78, 5) is 11.7. The van der Waals surface area contributed by atoms with Crippen LogP contribution in [0.1, 0.15) is 11.1 Å². The molecule has 0 spiro atoms. The van der Waals surface area contributed by atoms with E-state index >= 15 is 0 Å². The molecule has 0 radical (unpaired) electrons. The summed E-state index contributed by atoms with van der Waals surface area (Å²) in [7, 11) is 2.92. The maximum absolute atomic E-state index is 11.7. The van der Waals surface area contributed by atoms with Gasteiger partial charge in [0, 0.05) is 6.08 Å². The average molecular weight is 356 g/mol. The van der Waals surface area contributed by atoms with Crippen molar-refractivity contribution in [3.05, 3.63) is 59.7 Å². The molecule has 0 aromatic heterocycles. The van der Waals surface area contributed by atoms with Crippen LogP contribution in [0.3, 0.4) is 0 Å². The highest BCUT2D eigenvalue weighted by molar-refractivity contribution is 5.87. The smallest absolute Gasteiger partial charge is 0.331 e. The van der Waals surface area contributed by atoms with Crippen molar-refractivity contribution in [1.82, 2.24) is 0 Å². The van der Waals surface area contributed by atoms with Gasteiger partial charge in [0.05, 0.1) is 14.2 Å². The van der Waals surface area contributed by atoms with Crippen molar-refractivity contribution in [3.8, 4) is 23.0 Å². The first-order valence-electron chi connectivity index (χ1n) is 7.79. The number of rotatable bonds is 7. The molecule has 2 rings (SSSR count). The van der Waals surface area contributed by atoms with Crippen molar-refractivity contribution >= 4 is 18.1 Å². The SMILES string of the molecule is COc1cc(C=CCOC(=O)C=Cc2ccc(O)c(OC)c2)ccc1O. The molecule has 0 heterocycles. The Morgan fingerprint density at radius 2 is 1.46 bits per heavy atom. The molecular weight excluding hydrogens is 336 g/mol. The summed E-state index contributed by atoms with van der Waals surface area (Å²) in [6.45, 7) is 0.102. The maximum Gasteiger partial charge on any atom is 0.331 e. The number of ether oxygens (including phenoxy) is 3. The molecule has 136 valence electrons. The standard InChI is InChI=1S/C20H20O6/c1-24-18-12-14(5-8-16(18)21)4-3-11-26-20(23)10-7-15-6-9-17(22)19(13-15)25-2/h3-10,12-13,21-22H,11H2,1-2H3. The molecule has 0 aliphatic carbocycles. The van der Waals surface area contributed by atoms with E-state index < -0.39 is 5.97 Å². The Balaban J connectivity index is 1.87. The third-order valence-electron chi connectivity index (χ3n) is 3.45. The highest BCUT2D eigenvalue weighted by Crippen LogP contribution is 2.27. The molecule has 6 heteroatoms. The zero-order valence-electron chi connectivity index (χ0n) is 14.5. The van der Waals surface area contributed by atoms with Crippen LogP contribution in [-0.4, -0.2) is 37.0 Å². The minimum Gasteiger partial charge on any atom is -0.504 e. The average Bonchev–Trinajstić information content (AvgIpc) is 2.65. The summed E-state index contributed by atoms with van der Waals surface area (Å²) in [5.41, 5.74) is 1.51. The topological polar surface area (TPSA) is 85.2 Å². The first-order valence-corrected chi connectivity index (χ1v) is 7.79. The van der Waals surface area contributed by atoms with Gasteiger partial charge in [0.15, 0.2) is 23.0 Å². The van der Waals surface area contributed by atoms with Crippen LogP contribution in [0.4, 0.5) is 0 Å². The molecule has 2 aromatic carbocycles. The van der Waals surface area contributed by atoms with E-state index in [1.165, 1.54) is 32.4 Å². The lowest BCUT2D eigenvalue weighted by atomic mass is 10.2. The van der Waals surface area contributed by atoms with Gasteiger partial charge in [0.1, 0.15) is 6.61 Å². The lowest BCUT2D eigenvalue weighted by molar-refractivity contribution is -0.136. The number of hydrogen-bond acceptors (Lipinski definition) is 6. The van der Waals surface area contributed by atoms with Crippen molar-refractivity contribution in [2.45, 2.75) is 0 Å². The number of esters is 1. The molecule has 0 aliphatic heterocycles. The molecule has 2 N–H and O–H groups in total. The molecular formula is C20H20O6. The number of benzene rings is 2. The molecule has 6 nitrogen and oxygen atoms in total. The number of aromatic hydroxyl groups is 2. The van der Waals surface area contributed by atoms with Crippen LogP contribution in [0.5, 0.6) is 23.0 Å². The molecule has 0 amide bonds. The van der Waals surface area contributed by atoms with E-state index in [1.54, 1.807) is 42.5 Å². The molecule has 26 heavy (non-hydrogen) atoms. The second kappa shape index (κ2) is 9.17. The van der Waals surface area contributed by atoms with E-state index in [1.807, 2.05) is 0 Å². The van der Waals surface area contributed by atoms with Crippen LogP contribution in [0.2, 0.25) is 0 Å². The third-order valence-corrected chi connectivity index (χ3v) is 3.45. The zero-order chi connectivity index (χ0) is 18.9. The first kappa shape index (κ1) is 18.9. The van der Waals surface area contributed by atoms with Gasteiger partial charge in [-0.2, -0.15) is 0 Å². The van der Waals surface area contributed by atoms with E-state index in [0.29, 0.717) is 17.1 Å². The molecule has 0 fully saturated rings. The zero-order valence-corrected chi connectivity index (χ0v) is 14.5. The Hall–Kier alpha value is -3.41. The van der Waals surface area contributed by atoms with Gasteiger partial charge in [0.2, 0.25) is 0 Å². The van der Waals surface area contributed by atoms with Gasteiger partial charge in [-0.1, -0.05) is 18.2 Å². The van der Waals surface area contributed by atoms with Crippen LogP contribution in [-0.2, 0) is 9.53 Å². The highest BCUT2D eigenvalue weighted by atomic mass is 16.5. The van der Waals surface area contributed by atoms with Gasteiger partial charge in [-0.25, -0.2) is 4.79 Å². The summed E-state index contributed by atoms with van der Waals surface area (Å²) < 4.78 is 15.1. The lowest BCUT2D eigenvalue weighted by Crippen LogP contribution is -1.99. The summed E-state index contributed by atoms with van der Waals surface area (Å²) in [5, 5.41) is 19.1. The maximum atomic E-state index is 11.7. The second-order valence-corrected chi connectivity index (χ2v) is 5.23. The first-order chi connectivity index (χ1) is 12.5. The fraction of sp³-hybridized carbons (Fsp3) is 0.150. The third kappa shape index (κ3) is 5.31. The van der Waals surface area contributed by atoms with E-state index in [2.05, 4.69) is 0 Å². The molecule has 0 atom stereocenters. The quantitative estimate of drug-likeness (QED) is 0.584. The summed E-state index contributed by atoms with van der Waals surface area (Å²) >= 11 is 0. The van der Waals surface area contributed by atoms with Crippen LogP contribution < -0.4 is 9.47 Å². The number of carbonyl (C=O) groups is 1. The van der Waals surface area contributed by atoms with Crippen molar-refractivity contribution in [2.24, 2.45) is 0 Å². The predicted molar refractivity (Wildman–Crippen MR) is 98.3 cm³/mol. The van der Waals surface area contributed by atoms with Crippen LogP contribution in [0.15, 0.2) is 48.6 Å². The summed E-state index contributed by atoms with van der Waals surface area (Å²) in [6.07, 6.45) is 6.30. The Labute approximate surface area is 151 Å². The second-order valence-electron chi connectivity index (χ2n) is 5.23. The number of phenolic OH excluding ortho intramolecular Hbond substituents is 2. The monoisotopic (exact) mass is 356 g/mol. The Morgan fingerprint density at radius 1 is 0.923 bits per heavy atom. The number of carbonyl (C=O) groups excluding carboxylic acids is 1. The normalized spacial score (nSPS) is 11.0. The van der Waals surface area contributed by atoms with Gasteiger partial charge in [-0.05, 0) is 47.5 Å². The van der Waals surface area contributed by atoms with Crippen molar-refractivity contribution in [3.63, 3.8) is 0 Å². The van der Waals surface area contributed by atoms with Crippen molar-refractivity contribution < 1.29 is 29.2 Å². The van der Waals surface area contributed by atoms with E-state index in [4.69, 9.17) is 14.2 Å². The van der Waals surface area contributed by atoms with Gasteiger partial charge >= 0.3 is 5.97 Å². The molecule has 0 unspecified atom stereocenters.